The summed E-state index contributed by atoms with van der Waals surface area (Å²) in [6.07, 6.45) is 9.20. The summed E-state index contributed by atoms with van der Waals surface area (Å²) >= 11 is 0. The van der Waals surface area contributed by atoms with Gasteiger partial charge in [0.1, 0.15) is 11.9 Å². The van der Waals surface area contributed by atoms with Gasteiger partial charge in [0.15, 0.2) is 0 Å². The summed E-state index contributed by atoms with van der Waals surface area (Å²) < 4.78 is 11.5. The monoisotopic (exact) mass is 582 g/mol. The lowest BCUT2D eigenvalue weighted by atomic mass is 9.59. The maximum absolute atomic E-state index is 13.2. The molecule has 6 heteroatoms. The summed E-state index contributed by atoms with van der Waals surface area (Å²) in [5.74, 6) is 0.455. The van der Waals surface area contributed by atoms with E-state index in [-0.39, 0.29) is 24.7 Å². The van der Waals surface area contributed by atoms with E-state index in [1.807, 2.05) is 13.8 Å². The molecule has 3 aliphatic rings. The summed E-state index contributed by atoms with van der Waals surface area (Å²) in [5, 5.41) is 12.4. The number of rotatable bonds is 11. The van der Waals surface area contributed by atoms with Gasteiger partial charge >= 0.3 is 0 Å². The fourth-order valence-corrected chi connectivity index (χ4v) is 6.61. The van der Waals surface area contributed by atoms with Gasteiger partial charge in [-0.15, -0.1) is 0 Å². The van der Waals surface area contributed by atoms with Crippen molar-refractivity contribution in [3.8, 4) is 0 Å². The van der Waals surface area contributed by atoms with Crippen molar-refractivity contribution in [1.82, 2.24) is 10.2 Å². The molecule has 0 unspecified atom stereocenters. The van der Waals surface area contributed by atoms with E-state index in [0.717, 1.165) is 50.9 Å². The molecule has 2 aliphatic heterocycles. The van der Waals surface area contributed by atoms with Crippen LogP contribution < -0.4 is 5.32 Å². The van der Waals surface area contributed by atoms with Crippen LogP contribution in [0.15, 0.2) is 90.2 Å². The number of aliphatic hydroxyl groups is 1. The predicted molar refractivity (Wildman–Crippen MR) is 172 cm³/mol. The van der Waals surface area contributed by atoms with E-state index in [2.05, 4.69) is 72.3 Å². The maximum Gasteiger partial charge on any atom is 0.251 e. The molecule has 2 heterocycles. The number of likely N-dealkylation sites (tertiary alicyclic amines) is 1. The van der Waals surface area contributed by atoms with Crippen molar-refractivity contribution in [2.75, 3.05) is 39.5 Å². The summed E-state index contributed by atoms with van der Waals surface area (Å²) in [6.45, 7) is 14.4. The predicted octanol–water partition coefficient (Wildman–Crippen LogP) is 6.27. The van der Waals surface area contributed by atoms with Crippen molar-refractivity contribution < 1.29 is 19.4 Å². The quantitative estimate of drug-likeness (QED) is 0.186. The number of carbonyl (C=O) groups excluding carboxylic acids is 1. The van der Waals surface area contributed by atoms with Crippen LogP contribution in [0.5, 0.6) is 0 Å². The van der Waals surface area contributed by atoms with Crippen LogP contribution in [0.25, 0.3) is 5.57 Å². The van der Waals surface area contributed by atoms with E-state index in [1.54, 1.807) is 18.2 Å². The number of ether oxygens (including phenoxy) is 2. The van der Waals surface area contributed by atoms with E-state index >= 15 is 0 Å². The molecule has 0 bridgehead atoms. The second-order valence-corrected chi connectivity index (χ2v) is 12.4. The van der Waals surface area contributed by atoms with Crippen LogP contribution in [0, 0.1) is 12.3 Å². The number of carbonyl (C=O) groups is 1. The summed E-state index contributed by atoms with van der Waals surface area (Å²) in [7, 11) is 0. The molecule has 2 aromatic rings. The summed E-state index contributed by atoms with van der Waals surface area (Å²) in [6, 6.07) is 17.3. The van der Waals surface area contributed by atoms with Gasteiger partial charge in [0, 0.05) is 43.5 Å². The molecule has 3 fully saturated rings. The Morgan fingerprint density at radius 3 is 2.33 bits per heavy atom. The average molecular weight is 583 g/mol. The lowest BCUT2D eigenvalue weighted by Crippen LogP contribution is -2.60. The molecule has 1 saturated carbocycles. The molecule has 1 spiro atoms. The average Bonchev–Trinajstić information content (AvgIpc) is 2.98. The first kappa shape index (κ1) is 31.0. The highest BCUT2D eigenvalue weighted by Gasteiger charge is 2.50. The van der Waals surface area contributed by atoms with Gasteiger partial charge < -0.3 is 19.9 Å². The summed E-state index contributed by atoms with van der Waals surface area (Å²) in [5.41, 5.74) is 8.52. The van der Waals surface area contributed by atoms with Crippen LogP contribution in [0.3, 0.4) is 0 Å². The number of aryl methyl sites for hydroxylation is 1. The van der Waals surface area contributed by atoms with Crippen molar-refractivity contribution in [2.24, 2.45) is 5.41 Å². The Balaban J connectivity index is 1.27. The maximum atomic E-state index is 13.2. The van der Waals surface area contributed by atoms with Crippen molar-refractivity contribution in [2.45, 2.75) is 58.6 Å². The van der Waals surface area contributed by atoms with Gasteiger partial charge in [0.2, 0.25) is 0 Å². The largest absolute Gasteiger partial charge is 0.490 e. The fourth-order valence-electron chi connectivity index (χ4n) is 6.61. The van der Waals surface area contributed by atoms with Crippen LogP contribution in [0.2, 0.25) is 0 Å². The topological polar surface area (TPSA) is 71.0 Å². The van der Waals surface area contributed by atoms with Crippen LogP contribution >= 0.6 is 0 Å². The van der Waals surface area contributed by atoms with E-state index in [0.29, 0.717) is 30.0 Å². The standard InChI is InChI=1S/C37H46N2O4/c1-5-28(21-33(6-2)43-34-15-19-42-20-16-34)36(41)38-27(4)29-11-13-31(14-12-29)35(30-9-7-26(3)8-10-30)32-22-37(23-32)24-39(25-37)17-18-40/h5-14,21,27,34,40H,2,15-20,22-25H2,1,3-4H3,(H,38,41)/b28-5+,33-21+/t27-/m1/s1. The zero-order valence-electron chi connectivity index (χ0n) is 25.9. The normalized spacial score (nSPS) is 19.8. The lowest BCUT2D eigenvalue weighted by molar-refractivity contribution is -0.117. The van der Waals surface area contributed by atoms with E-state index in [4.69, 9.17) is 9.47 Å². The number of β-amino-alcohol motifs (C(OH)–C–C–N with tert-alkyl or cyclic N) is 1. The highest BCUT2D eigenvalue weighted by Crippen LogP contribution is 2.54. The third kappa shape index (κ3) is 7.38. The van der Waals surface area contributed by atoms with E-state index < -0.39 is 0 Å². The van der Waals surface area contributed by atoms with Crippen LogP contribution in [0.4, 0.5) is 0 Å². The molecule has 1 amide bonds. The molecule has 0 aromatic heterocycles. The Labute approximate surface area is 256 Å². The number of hydrogen-bond acceptors (Lipinski definition) is 5. The Morgan fingerprint density at radius 1 is 1.12 bits per heavy atom. The first-order valence-corrected chi connectivity index (χ1v) is 15.6. The second-order valence-electron chi connectivity index (χ2n) is 12.4. The van der Waals surface area contributed by atoms with Crippen molar-refractivity contribution in [1.29, 1.82) is 0 Å². The molecule has 1 aliphatic carbocycles. The van der Waals surface area contributed by atoms with Crippen LogP contribution in [-0.4, -0.2) is 61.5 Å². The molecule has 6 nitrogen and oxygen atoms in total. The van der Waals surface area contributed by atoms with Crippen LogP contribution in [-0.2, 0) is 14.3 Å². The van der Waals surface area contributed by atoms with Gasteiger partial charge in [-0.2, -0.15) is 0 Å². The third-order valence-corrected chi connectivity index (χ3v) is 9.00. The van der Waals surface area contributed by atoms with Crippen molar-refractivity contribution >= 4 is 11.5 Å². The Hall–Kier alpha value is -3.45. The number of amides is 1. The molecule has 5 rings (SSSR count). The Bertz CT molecular complexity index is 1360. The van der Waals surface area contributed by atoms with Gasteiger partial charge in [-0.3, -0.25) is 9.69 Å². The highest BCUT2D eigenvalue weighted by atomic mass is 16.5. The minimum absolute atomic E-state index is 0.0801. The van der Waals surface area contributed by atoms with Gasteiger partial charge in [-0.05, 0) is 68.0 Å². The number of aliphatic hydroxyl groups excluding tert-OH is 1. The fraction of sp³-hybridized carbons (Fsp3) is 0.432. The minimum atomic E-state index is -0.163. The van der Waals surface area contributed by atoms with E-state index in [1.165, 1.54) is 27.8 Å². The first-order chi connectivity index (χ1) is 20.8. The molecule has 0 radical (unpaired) electrons. The highest BCUT2D eigenvalue weighted by molar-refractivity contribution is 5.96. The zero-order valence-corrected chi connectivity index (χ0v) is 25.9. The van der Waals surface area contributed by atoms with Gasteiger partial charge in [-0.1, -0.05) is 72.3 Å². The number of nitrogens with one attached hydrogen (secondary N) is 1. The van der Waals surface area contributed by atoms with Gasteiger partial charge in [0.05, 0.1) is 25.9 Å². The zero-order chi connectivity index (χ0) is 30.4. The summed E-state index contributed by atoms with van der Waals surface area (Å²) in [4.78, 5) is 15.6. The molecule has 1 atom stereocenters. The number of hydrogen-bond donors (Lipinski definition) is 2. The Morgan fingerprint density at radius 2 is 1.74 bits per heavy atom. The number of allylic oxidation sites excluding steroid dienone is 3. The molecular formula is C37H46N2O4. The van der Waals surface area contributed by atoms with Gasteiger partial charge in [-0.25, -0.2) is 0 Å². The lowest BCUT2D eigenvalue weighted by Gasteiger charge is -2.57. The smallest absolute Gasteiger partial charge is 0.251 e. The molecule has 228 valence electrons. The number of benzene rings is 2. The van der Waals surface area contributed by atoms with Crippen molar-refractivity contribution in [3.05, 3.63) is 112 Å². The molecule has 43 heavy (non-hydrogen) atoms. The molecule has 2 N–H and O–H groups in total. The van der Waals surface area contributed by atoms with Crippen molar-refractivity contribution in [3.63, 3.8) is 0 Å². The molecular weight excluding hydrogens is 536 g/mol. The first-order valence-electron chi connectivity index (χ1n) is 15.6. The minimum Gasteiger partial charge on any atom is -0.490 e. The van der Waals surface area contributed by atoms with Gasteiger partial charge in [0.25, 0.3) is 5.91 Å². The SMILES string of the molecule is C=C/C(=C\C(=C/C)C(=O)N[C@H](C)c1ccc(C(=C2CC3(C2)CN(CCO)C3)c2ccc(C)cc2)cc1)OC1CCOCC1. The van der Waals surface area contributed by atoms with Crippen LogP contribution in [0.1, 0.15) is 67.8 Å². The molecule has 2 aromatic carbocycles. The second kappa shape index (κ2) is 13.9. The molecule has 2 saturated heterocycles. The number of nitrogens with zero attached hydrogens (tertiary/aromatic N) is 1. The Kier molecular flexibility index (Phi) is 10.0. The van der Waals surface area contributed by atoms with E-state index in [9.17, 15) is 9.90 Å². The third-order valence-electron chi connectivity index (χ3n) is 9.00.